The van der Waals surface area contributed by atoms with Crippen LogP contribution < -0.4 is 4.74 Å². The number of benzene rings is 1. The topological polar surface area (TPSA) is 46.8 Å². The quantitative estimate of drug-likeness (QED) is 0.681. The number of carbonyl (C=O) groups excluding carboxylic acids is 1. The van der Waals surface area contributed by atoms with Gasteiger partial charge in [-0.25, -0.2) is 4.98 Å². The number of nitrogens with zero attached hydrogens (tertiary/aromatic N) is 3. The minimum Gasteiger partial charge on any atom is -0.497 e. The van der Waals surface area contributed by atoms with Gasteiger partial charge in [-0.05, 0) is 25.0 Å². The van der Waals surface area contributed by atoms with Crippen molar-refractivity contribution in [3.63, 3.8) is 0 Å². The Labute approximate surface area is 157 Å². The third-order valence-corrected chi connectivity index (χ3v) is 6.08. The fourth-order valence-corrected chi connectivity index (χ4v) is 4.52. The Bertz CT molecular complexity index is 924. The molecule has 0 N–H and O–H groups in total. The largest absolute Gasteiger partial charge is 0.497 e. The standard InChI is InChI=1S/C20H23N3O2S/c1-22(15-8-4-3-5-9-15)19(24)18-13-26-20-21-17(12-23(18)20)14-7-6-10-16(11-14)25-2/h6-7,10-13,15H,3-5,8-9H2,1-2H3. The highest BCUT2D eigenvalue weighted by Gasteiger charge is 2.25. The van der Waals surface area contributed by atoms with Crippen LogP contribution in [0.1, 0.15) is 42.6 Å². The molecule has 1 aromatic carbocycles. The van der Waals surface area contributed by atoms with Gasteiger partial charge in [0.15, 0.2) is 4.96 Å². The number of imidazole rings is 1. The third-order valence-electron chi connectivity index (χ3n) is 5.24. The van der Waals surface area contributed by atoms with Crippen molar-refractivity contribution < 1.29 is 9.53 Å². The molecule has 5 nitrogen and oxygen atoms in total. The summed E-state index contributed by atoms with van der Waals surface area (Å²) in [4.78, 5) is 20.5. The molecule has 1 fully saturated rings. The van der Waals surface area contributed by atoms with Gasteiger partial charge in [-0.15, -0.1) is 11.3 Å². The molecule has 4 rings (SSSR count). The second-order valence-corrected chi connectivity index (χ2v) is 7.68. The number of aromatic nitrogens is 2. The van der Waals surface area contributed by atoms with Gasteiger partial charge in [-0.1, -0.05) is 31.4 Å². The van der Waals surface area contributed by atoms with Crippen LogP contribution in [0.2, 0.25) is 0 Å². The van der Waals surface area contributed by atoms with E-state index in [4.69, 9.17) is 4.74 Å². The van der Waals surface area contributed by atoms with Crippen LogP contribution in [-0.2, 0) is 0 Å². The molecule has 0 saturated heterocycles. The lowest BCUT2D eigenvalue weighted by Crippen LogP contribution is -2.38. The number of ether oxygens (including phenoxy) is 1. The maximum absolute atomic E-state index is 13.0. The fraction of sp³-hybridized carbons (Fsp3) is 0.400. The van der Waals surface area contributed by atoms with Gasteiger partial charge in [-0.2, -0.15) is 0 Å². The average Bonchev–Trinajstić information content (AvgIpc) is 3.28. The lowest BCUT2D eigenvalue weighted by molar-refractivity contribution is 0.0689. The highest BCUT2D eigenvalue weighted by molar-refractivity contribution is 7.15. The van der Waals surface area contributed by atoms with E-state index in [2.05, 4.69) is 4.98 Å². The number of hydrogen-bond acceptors (Lipinski definition) is 4. The lowest BCUT2D eigenvalue weighted by Gasteiger charge is -2.31. The van der Waals surface area contributed by atoms with E-state index in [1.165, 1.54) is 30.6 Å². The van der Waals surface area contributed by atoms with Crippen LogP contribution in [0, 0.1) is 0 Å². The summed E-state index contributed by atoms with van der Waals surface area (Å²) >= 11 is 1.50. The van der Waals surface area contributed by atoms with Crippen LogP contribution in [0.5, 0.6) is 5.75 Å². The Morgan fingerprint density at radius 1 is 1.31 bits per heavy atom. The van der Waals surface area contributed by atoms with Crippen molar-refractivity contribution in [3.8, 4) is 17.0 Å². The smallest absolute Gasteiger partial charge is 0.271 e. The summed E-state index contributed by atoms with van der Waals surface area (Å²) in [5.74, 6) is 0.880. The summed E-state index contributed by atoms with van der Waals surface area (Å²) in [7, 11) is 3.59. The van der Waals surface area contributed by atoms with Crippen LogP contribution in [-0.4, -0.2) is 40.4 Å². The molecule has 1 aliphatic carbocycles. The molecule has 0 atom stereocenters. The van der Waals surface area contributed by atoms with Crippen LogP contribution in [0.3, 0.4) is 0 Å². The minimum absolute atomic E-state index is 0.0812. The van der Waals surface area contributed by atoms with Crippen molar-refractivity contribution in [2.75, 3.05) is 14.2 Å². The number of methoxy groups -OCH3 is 1. The molecule has 0 unspecified atom stereocenters. The molecule has 26 heavy (non-hydrogen) atoms. The highest BCUT2D eigenvalue weighted by atomic mass is 32.1. The predicted octanol–water partition coefficient (Wildman–Crippen LogP) is 4.48. The van der Waals surface area contributed by atoms with Crippen LogP contribution in [0.15, 0.2) is 35.8 Å². The Balaban J connectivity index is 1.64. The van der Waals surface area contributed by atoms with Gasteiger partial charge in [0.2, 0.25) is 0 Å². The van der Waals surface area contributed by atoms with E-state index in [1.807, 2.05) is 52.2 Å². The summed E-state index contributed by atoms with van der Waals surface area (Å²) in [5.41, 5.74) is 2.53. The number of thiazole rings is 1. The van der Waals surface area contributed by atoms with Gasteiger partial charge in [-0.3, -0.25) is 9.20 Å². The molecule has 0 spiro atoms. The van der Waals surface area contributed by atoms with Crippen molar-refractivity contribution in [3.05, 3.63) is 41.5 Å². The van der Waals surface area contributed by atoms with Crippen molar-refractivity contribution in [2.45, 2.75) is 38.1 Å². The average molecular weight is 369 g/mol. The third kappa shape index (κ3) is 3.09. The second kappa shape index (κ2) is 7.11. The molecular formula is C20H23N3O2S. The lowest BCUT2D eigenvalue weighted by atomic mass is 9.94. The molecule has 3 aromatic rings. The Morgan fingerprint density at radius 3 is 2.88 bits per heavy atom. The zero-order valence-corrected chi connectivity index (χ0v) is 16.0. The summed E-state index contributed by atoms with van der Waals surface area (Å²) in [6.07, 6.45) is 7.87. The number of fused-ring (bicyclic) bond motifs is 1. The number of hydrogen-bond donors (Lipinski definition) is 0. The molecule has 1 saturated carbocycles. The van der Waals surface area contributed by atoms with Gasteiger partial charge in [0.05, 0.1) is 12.8 Å². The molecule has 6 heteroatoms. The maximum atomic E-state index is 13.0. The van der Waals surface area contributed by atoms with Crippen molar-refractivity contribution in [1.82, 2.24) is 14.3 Å². The first-order valence-corrected chi connectivity index (χ1v) is 9.93. The summed E-state index contributed by atoms with van der Waals surface area (Å²) in [5, 5.41) is 1.92. The van der Waals surface area contributed by atoms with E-state index >= 15 is 0 Å². The predicted molar refractivity (Wildman–Crippen MR) is 104 cm³/mol. The molecule has 2 aromatic heterocycles. The molecule has 0 bridgehead atoms. The van der Waals surface area contributed by atoms with Crippen molar-refractivity contribution >= 4 is 22.2 Å². The van der Waals surface area contributed by atoms with E-state index in [0.29, 0.717) is 11.7 Å². The van der Waals surface area contributed by atoms with Gasteiger partial charge in [0.25, 0.3) is 5.91 Å². The highest BCUT2D eigenvalue weighted by Crippen LogP contribution is 2.28. The van der Waals surface area contributed by atoms with Crippen LogP contribution in [0.25, 0.3) is 16.2 Å². The summed E-state index contributed by atoms with van der Waals surface area (Å²) in [6, 6.07) is 8.18. The van der Waals surface area contributed by atoms with Gasteiger partial charge >= 0.3 is 0 Å². The number of rotatable bonds is 4. The van der Waals surface area contributed by atoms with E-state index in [0.717, 1.165) is 34.8 Å². The first kappa shape index (κ1) is 17.1. The zero-order chi connectivity index (χ0) is 18.1. The van der Waals surface area contributed by atoms with Gasteiger partial charge in [0.1, 0.15) is 11.4 Å². The zero-order valence-electron chi connectivity index (χ0n) is 15.1. The van der Waals surface area contributed by atoms with E-state index in [-0.39, 0.29) is 5.91 Å². The van der Waals surface area contributed by atoms with Crippen LogP contribution >= 0.6 is 11.3 Å². The van der Waals surface area contributed by atoms with Crippen molar-refractivity contribution in [2.24, 2.45) is 0 Å². The normalized spacial score (nSPS) is 15.3. The first-order chi connectivity index (χ1) is 12.7. The minimum atomic E-state index is 0.0812. The first-order valence-electron chi connectivity index (χ1n) is 9.05. The second-order valence-electron chi connectivity index (χ2n) is 6.84. The van der Waals surface area contributed by atoms with Gasteiger partial charge < -0.3 is 9.64 Å². The fourth-order valence-electron chi connectivity index (χ4n) is 3.67. The van der Waals surface area contributed by atoms with Crippen molar-refractivity contribution in [1.29, 1.82) is 0 Å². The molecule has 1 aliphatic rings. The van der Waals surface area contributed by atoms with Gasteiger partial charge in [0, 0.05) is 30.2 Å². The van der Waals surface area contributed by atoms with E-state index in [9.17, 15) is 4.79 Å². The Hall–Kier alpha value is -2.34. The summed E-state index contributed by atoms with van der Waals surface area (Å²) < 4.78 is 7.22. The molecular weight excluding hydrogens is 346 g/mol. The molecule has 0 aliphatic heterocycles. The Morgan fingerprint density at radius 2 is 2.12 bits per heavy atom. The maximum Gasteiger partial charge on any atom is 0.271 e. The molecule has 136 valence electrons. The molecule has 2 heterocycles. The van der Waals surface area contributed by atoms with E-state index in [1.54, 1.807) is 7.11 Å². The monoisotopic (exact) mass is 369 g/mol. The summed E-state index contributed by atoms with van der Waals surface area (Å²) in [6.45, 7) is 0. The molecule has 1 amide bonds. The molecule has 0 radical (unpaired) electrons. The number of amides is 1. The van der Waals surface area contributed by atoms with E-state index < -0.39 is 0 Å². The van der Waals surface area contributed by atoms with Crippen LogP contribution in [0.4, 0.5) is 0 Å². The Kier molecular flexibility index (Phi) is 4.68. The number of carbonyl (C=O) groups is 1. The SMILES string of the molecule is COc1cccc(-c2cn3c(C(=O)N(C)C4CCCCC4)csc3n2)c1.